The van der Waals surface area contributed by atoms with E-state index in [1.807, 2.05) is 0 Å². The zero-order valence-corrected chi connectivity index (χ0v) is 37.6. The number of ether oxygens (including phenoxy) is 2. The molecule has 1 unspecified atom stereocenters. The number of hydrogen-bond acceptors (Lipinski definition) is 9. The highest BCUT2D eigenvalue weighted by atomic mass is 31.2. The monoisotopic (exact) mass is 834 g/mol. The molecule has 0 heterocycles. The zero-order valence-electron chi connectivity index (χ0n) is 36.7. The molecule has 0 aliphatic heterocycles. The van der Waals surface area contributed by atoms with E-state index in [0.717, 1.165) is 38.5 Å². The lowest BCUT2D eigenvalue weighted by atomic mass is 10.0. The van der Waals surface area contributed by atoms with Crippen LogP contribution >= 0.6 is 7.82 Å². The van der Waals surface area contributed by atoms with E-state index in [2.05, 4.69) is 18.4 Å². The van der Waals surface area contributed by atoms with E-state index >= 15 is 0 Å². The van der Waals surface area contributed by atoms with Crippen LogP contribution in [0.4, 0.5) is 0 Å². The summed E-state index contributed by atoms with van der Waals surface area (Å²) in [7, 11) is -4.71. The van der Waals surface area contributed by atoms with Gasteiger partial charge in [-0.05, 0) is 12.8 Å². The van der Waals surface area contributed by atoms with Gasteiger partial charge in [-0.25, -0.2) is 4.57 Å². The van der Waals surface area contributed by atoms with E-state index in [-0.39, 0.29) is 19.4 Å². The Balaban J connectivity index is 4.23. The first-order valence-corrected chi connectivity index (χ1v) is 25.1. The Morgan fingerprint density at radius 1 is 0.474 bits per heavy atom. The lowest BCUT2D eigenvalue weighted by Crippen LogP contribution is -2.34. The SMILES string of the molecule is CCCCCCCCCCCCCCCCCCCCCCC(=O)O[C@@H](COC(=O)CCCCCCCCCCCCCCC)COP(=O)(O)OC[C@H](N)C(=O)O. The van der Waals surface area contributed by atoms with E-state index in [1.165, 1.54) is 161 Å². The van der Waals surface area contributed by atoms with Crippen LogP contribution in [0.15, 0.2) is 0 Å². The second kappa shape index (κ2) is 41.2. The molecule has 0 aliphatic carbocycles. The van der Waals surface area contributed by atoms with Crippen LogP contribution in [0.25, 0.3) is 0 Å². The van der Waals surface area contributed by atoms with Gasteiger partial charge in [0, 0.05) is 12.8 Å². The van der Waals surface area contributed by atoms with Crippen LogP contribution in [0.1, 0.15) is 239 Å². The summed E-state index contributed by atoms with van der Waals surface area (Å²) < 4.78 is 32.8. The third-order valence-corrected chi connectivity index (χ3v) is 11.6. The Morgan fingerprint density at radius 2 is 0.772 bits per heavy atom. The third kappa shape index (κ3) is 41.0. The summed E-state index contributed by atoms with van der Waals surface area (Å²) in [5.41, 5.74) is 5.34. The summed E-state index contributed by atoms with van der Waals surface area (Å²) in [6, 6.07) is -1.52. The number of carboxylic acid groups (broad SMARTS) is 1. The lowest BCUT2D eigenvalue weighted by Gasteiger charge is -2.20. The molecule has 0 spiro atoms. The second-order valence-electron chi connectivity index (χ2n) is 16.3. The molecule has 0 aromatic carbocycles. The van der Waals surface area contributed by atoms with Crippen LogP contribution in [-0.4, -0.2) is 59.9 Å². The van der Waals surface area contributed by atoms with Gasteiger partial charge in [0.25, 0.3) is 0 Å². The predicted octanol–water partition coefficient (Wildman–Crippen LogP) is 12.7. The normalized spacial score (nSPS) is 13.6. The first kappa shape index (κ1) is 55.5. The standard InChI is InChI=1S/C45H88NO10P/c1-3-5-7-9-11-13-15-17-18-19-20-21-22-23-25-27-29-31-33-35-37-44(48)56-41(39-54-57(51,52)55-40-42(46)45(49)50)38-53-43(47)36-34-32-30-28-26-24-16-14-12-10-8-6-4-2/h41-42H,3-40,46H2,1-2H3,(H,49,50)(H,51,52)/t41-,42-/m0/s1. The molecule has 0 rings (SSSR count). The van der Waals surface area contributed by atoms with Gasteiger partial charge in [0.1, 0.15) is 12.6 Å². The van der Waals surface area contributed by atoms with Gasteiger partial charge in [0.2, 0.25) is 0 Å². The molecule has 3 atom stereocenters. The summed E-state index contributed by atoms with van der Waals surface area (Å²) in [4.78, 5) is 46.0. The molecule has 11 nitrogen and oxygen atoms in total. The smallest absolute Gasteiger partial charge is 0.472 e. The molecule has 0 amide bonds. The minimum absolute atomic E-state index is 0.170. The molecule has 12 heteroatoms. The molecule has 57 heavy (non-hydrogen) atoms. The number of carbonyl (C=O) groups excluding carboxylic acids is 2. The first-order chi connectivity index (χ1) is 27.6. The van der Waals surface area contributed by atoms with Crippen LogP contribution < -0.4 is 5.73 Å². The molecule has 0 fully saturated rings. The molecule has 0 aromatic rings. The maximum absolute atomic E-state index is 12.7. The molecule has 4 N–H and O–H groups in total. The van der Waals surface area contributed by atoms with Crippen LogP contribution in [0.3, 0.4) is 0 Å². The van der Waals surface area contributed by atoms with Gasteiger partial charge < -0.3 is 25.2 Å². The van der Waals surface area contributed by atoms with Gasteiger partial charge in [-0.15, -0.1) is 0 Å². The summed E-state index contributed by atoms with van der Waals surface area (Å²) in [5, 5.41) is 8.90. The predicted molar refractivity (Wildman–Crippen MR) is 231 cm³/mol. The summed E-state index contributed by atoms with van der Waals surface area (Å²) in [6.45, 7) is 2.85. The van der Waals surface area contributed by atoms with Crippen molar-refractivity contribution in [2.75, 3.05) is 19.8 Å². The van der Waals surface area contributed by atoms with Crippen LogP contribution in [-0.2, 0) is 37.5 Å². The Morgan fingerprint density at radius 3 is 1.11 bits per heavy atom. The largest absolute Gasteiger partial charge is 0.480 e. The van der Waals surface area contributed by atoms with Crippen molar-refractivity contribution in [3.05, 3.63) is 0 Å². The Kier molecular flexibility index (Phi) is 40.1. The highest BCUT2D eigenvalue weighted by Crippen LogP contribution is 2.43. The molecule has 0 bridgehead atoms. The maximum atomic E-state index is 12.7. The lowest BCUT2D eigenvalue weighted by molar-refractivity contribution is -0.161. The molecular formula is C45H88NO10P. The third-order valence-electron chi connectivity index (χ3n) is 10.6. The highest BCUT2D eigenvalue weighted by molar-refractivity contribution is 7.47. The Labute approximate surface area is 348 Å². The van der Waals surface area contributed by atoms with Crippen molar-refractivity contribution in [2.24, 2.45) is 5.73 Å². The van der Waals surface area contributed by atoms with E-state index in [9.17, 15) is 23.8 Å². The van der Waals surface area contributed by atoms with Crippen molar-refractivity contribution in [2.45, 2.75) is 251 Å². The van der Waals surface area contributed by atoms with Gasteiger partial charge in [-0.3, -0.25) is 23.4 Å². The molecule has 0 aliphatic rings. The number of hydrogen-bond donors (Lipinski definition) is 3. The number of aliphatic carboxylic acids is 1. The van der Waals surface area contributed by atoms with Gasteiger partial charge in [0.05, 0.1) is 13.2 Å². The van der Waals surface area contributed by atoms with E-state index in [0.29, 0.717) is 12.8 Å². The number of esters is 2. The number of phosphoric acid groups is 1. The first-order valence-electron chi connectivity index (χ1n) is 23.6. The van der Waals surface area contributed by atoms with E-state index < -0.39 is 51.1 Å². The minimum atomic E-state index is -4.71. The fraction of sp³-hybridized carbons (Fsp3) is 0.933. The van der Waals surface area contributed by atoms with Crippen molar-refractivity contribution in [3.63, 3.8) is 0 Å². The number of carboxylic acids is 1. The molecule has 0 aromatic heterocycles. The maximum Gasteiger partial charge on any atom is 0.472 e. The van der Waals surface area contributed by atoms with Crippen molar-refractivity contribution in [3.8, 4) is 0 Å². The molecular weight excluding hydrogens is 745 g/mol. The fourth-order valence-electron chi connectivity index (χ4n) is 6.89. The van der Waals surface area contributed by atoms with Crippen LogP contribution in [0.5, 0.6) is 0 Å². The molecule has 0 saturated heterocycles. The van der Waals surface area contributed by atoms with Crippen molar-refractivity contribution >= 4 is 25.7 Å². The summed E-state index contributed by atoms with van der Waals surface area (Å²) >= 11 is 0. The minimum Gasteiger partial charge on any atom is -0.480 e. The molecule has 0 saturated carbocycles. The van der Waals surface area contributed by atoms with Gasteiger partial charge in [0.15, 0.2) is 6.10 Å². The van der Waals surface area contributed by atoms with Crippen LogP contribution in [0, 0.1) is 0 Å². The van der Waals surface area contributed by atoms with E-state index in [1.54, 1.807) is 0 Å². The van der Waals surface area contributed by atoms with E-state index in [4.69, 9.17) is 24.8 Å². The zero-order chi connectivity index (χ0) is 42.1. The summed E-state index contributed by atoms with van der Waals surface area (Å²) in [6.07, 6.45) is 40.2. The number of nitrogens with two attached hydrogens (primary N) is 1. The van der Waals surface area contributed by atoms with Gasteiger partial charge >= 0.3 is 25.7 Å². The Hall–Kier alpha value is -1.52. The highest BCUT2D eigenvalue weighted by Gasteiger charge is 2.28. The average Bonchev–Trinajstić information content (AvgIpc) is 3.19. The Bertz CT molecular complexity index is 984. The fourth-order valence-corrected chi connectivity index (χ4v) is 7.67. The second-order valence-corrected chi connectivity index (χ2v) is 17.7. The number of rotatable bonds is 45. The summed E-state index contributed by atoms with van der Waals surface area (Å²) in [5.74, 6) is -2.36. The van der Waals surface area contributed by atoms with Crippen molar-refractivity contribution < 1.29 is 47.5 Å². The van der Waals surface area contributed by atoms with Crippen LogP contribution in [0.2, 0.25) is 0 Å². The average molecular weight is 834 g/mol. The number of carbonyl (C=O) groups is 3. The quantitative estimate of drug-likeness (QED) is 0.0303. The molecule has 0 radical (unpaired) electrons. The molecule has 338 valence electrons. The van der Waals surface area contributed by atoms with Gasteiger partial charge in [-0.1, -0.05) is 213 Å². The number of phosphoric ester groups is 1. The van der Waals surface area contributed by atoms with Crippen molar-refractivity contribution in [1.29, 1.82) is 0 Å². The topological polar surface area (TPSA) is 172 Å². The number of unbranched alkanes of at least 4 members (excludes halogenated alkanes) is 31. The van der Waals surface area contributed by atoms with Crippen molar-refractivity contribution in [1.82, 2.24) is 0 Å². The van der Waals surface area contributed by atoms with Gasteiger partial charge in [-0.2, -0.15) is 0 Å².